The quantitative estimate of drug-likeness (QED) is 0.181. The number of hydrogen-bond acceptors (Lipinski definition) is 13. The van der Waals surface area contributed by atoms with Crippen LogP contribution in [0.1, 0.15) is 0 Å². The average molecular weight is 436 g/mol. The van der Waals surface area contributed by atoms with Crippen LogP contribution in [-0.2, 0) is 33.6 Å². The normalized spacial score (nSPS) is 45.0. The molecule has 15 nitrogen and oxygen atoms in total. The summed E-state index contributed by atoms with van der Waals surface area (Å²) in [5.74, 6) is -1.71. The summed E-state index contributed by atoms with van der Waals surface area (Å²) in [6.45, 7) is -1.03. The molecule has 2 rings (SSSR count). The Morgan fingerprint density at radius 1 is 0.893 bits per heavy atom. The van der Waals surface area contributed by atoms with Gasteiger partial charge < -0.3 is 50.0 Å². The molecule has 2 aliphatic rings. The second-order valence-electron chi connectivity index (χ2n) is 6.09. The molecule has 2 fully saturated rings. The van der Waals surface area contributed by atoms with Crippen LogP contribution in [0.3, 0.4) is 0 Å². The Kier molecular flexibility index (Phi) is 7.29. The van der Waals surface area contributed by atoms with Crippen LogP contribution >= 0.6 is 0 Å². The van der Waals surface area contributed by atoms with Crippen molar-refractivity contribution < 1.29 is 71.9 Å². The Hall–Kier alpha value is -1.02. The molecule has 0 saturated carbocycles. The first-order valence-electron chi connectivity index (χ1n) is 7.73. The molecule has 2 saturated heterocycles. The fourth-order valence-electron chi connectivity index (χ4n) is 2.69. The number of aliphatic hydroxyl groups excluding tert-OH is 6. The van der Waals surface area contributed by atoms with Crippen LogP contribution < -0.4 is 0 Å². The van der Waals surface area contributed by atoms with Crippen molar-refractivity contribution >= 4 is 16.4 Å². The van der Waals surface area contributed by atoms with E-state index in [1.54, 1.807) is 0 Å². The van der Waals surface area contributed by atoms with Gasteiger partial charge >= 0.3 is 16.4 Å². The molecule has 8 N–H and O–H groups in total. The first-order valence-corrected chi connectivity index (χ1v) is 9.09. The third kappa shape index (κ3) is 5.12. The van der Waals surface area contributed by atoms with Gasteiger partial charge in [-0.15, -0.1) is 0 Å². The van der Waals surface area contributed by atoms with E-state index in [-0.39, 0.29) is 0 Å². The third-order valence-corrected chi connectivity index (χ3v) is 4.58. The van der Waals surface area contributed by atoms with Crippen molar-refractivity contribution in [2.75, 3.05) is 6.61 Å². The van der Waals surface area contributed by atoms with Crippen molar-refractivity contribution in [3.05, 3.63) is 0 Å². The van der Waals surface area contributed by atoms with E-state index < -0.39 is 84.4 Å². The summed E-state index contributed by atoms with van der Waals surface area (Å²) in [5.41, 5.74) is 0. The predicted octanol–water partition coefficient (Wildman–Crippen LogP) is -5.48. The van der Waals surface area contributed by atoms with Gasteiger partial charge in [0.25, 0.3) is 0 Å². The summed E-state index contributed by atoms with van der Waals surface area (Å²) >= 11 is 0. The number of rotatable bonds is 6. The molecule has 164 valence electrons. The Labute approximate surface area is 157 Å². The van der Waals surface area contributed by atoms with Gasteiger partial charge in [-0.05, 0) is 0 Å². The van der Waals surface area contributed by atoms with E-state index in [1.807, 2.05) is 0 Å². The molecular weight excluding hydrogens is 416 g/mol. The van der Waals surface area contributed by atoms with Crippen LogP contribution in [0.25, 0.3) is 0 Å². The summed E-state index contributed by atoms with van der Waals surface area (Å²) in [7, 11) is -4.97. The lowest BCUT2D eigenvalue weighted by Gasteiger charge is -2.44. The fraction of sp³-hybridized carbons (Fsp3) is 0.917. The van der Waals surface area contributed by atoms with E-state index in [1.165, 1.54) is 0 Å². The second-order valence-corrected chi connectivity index (χ2v) is 7.19. The molecule has 0 aromatic heterocycles. The van der Waals surface area contributed by atoms with Crippen LogP contribution in [0, 0.1) is 0 Å². The summed E-state index contributed by atoms with van der Waals surface area (Å²) < 4.78 is 49.0. The van der Waals surface area contributed by atoms with Gasteiger partial charge in [0.15, 0.2) is 18.7 Å². The zero-order chi connectivity index (χ0) is 21.4. The number of carboxylic acids is 1. The zero-order valence-electron chi connectivity index (χ0n) is 13.8. The van der Waals surface area contributed by atoms with Gasteiger partial charge in [0.05, 0.1) is 6.61 Å². The number of aliphatic carboxylic acids is 1. The van der Waals surface area contributed by atoms with E-state index in [9.17, 15) is 43.9 Å². The summed E-state index contributed by atoms with van der Waals surface area (Å²) in [5, 5.41) is 67.6. The molecule has 0 aromatic carbocycles. The minimum Gasteiger partial charge on any atom is -0.479 e. The second kappa shape index (κ2) is 8.78. The molecule has 0 aliphatic carbocycles. The zero-order valence-corrected chi connectivity index (χ0v) is 14.6. The standard InChI is InChI=1S/C12H20O15S/c13-3-4(14)9(10(18)19)27-12(7(3)17)26-8-2(1-24-28(21,22)23)25-11(20)6(16)5(8)15/h2-9,11-17,20H,1H2,(H,18,19)(H,21,22,23)/t2-,3+,4+,5-,6-,7-,8-,9+,11-,12-/m1/s1. The first kappa shape index (κ1) is 23.3. The number of carbonyl (C=O) groups is 1. The molecule has 2 aliphatic heterocycles. The first-order chi connectivity index (χ1) is 12.8. The molecular formula is C12H20O15S. The molecule has 0 unspecified atom stereocenters. The molecule has 0 bridgehead atoms. The van der Waals surface area contributed by atoms with Crippen LogP contribution in [-0.4, -0.2) is 123 Å². The minimum absolute atomic E-state index is 1.03. The van der Waals surface area contributed by atoms with Crippen molar-refractivity contribution in [1.82, 2.24) is 0 Å². The maximum Gasteiger partial charge on any atom is 0.397 e. The van der Waals surface area contributed by atoms with Gasteiger partial charge in [-0.1, -0.05) is 0 Å². The van der Waals surface area contributed by atoms with Gasteiger partial charge in [0.1, 0.15) is 42.7 Å². The Bertz CT molecular complexity index is 653. The largest absolute Gasteiger partial charge is 0.479 e. The maximum atomic E-state index is 11.1. The monoisotopic (exact) mass is 436 g/mol. The lowest BCUT2D eigenvalue weighted by Crippen LogP contribution is -2.65. The van der Waals surface area contributed by atoms with Crippen molar-refractivity contribution in [2.24, 2.45) is 0 Å². The van der Waals surface area contributed by atoms with Crippen molar-refractivity contribution in [3.8, 4) is 0 Å². The average Bonchev–Trinajstić information content (AvgIpc) is 2.59. The Morgan fingerprint density at radius 3 is 2.04 bits per heavy atom. The van der Waals surface area contributed by atoms with Gasteiger partial charge in [0.2, 0.25) is 0 Å². The van der Waals surface area contributed by atoms with E-state index in [4.69, 9.17) is 23.9 Å². The van der Waals surface area contributed by atoms with Crippen LogP contribution in [0.4, 0.5) is 0 Å². The lowest BCUT2D eigenvalue weighted by atomic mass is 9.97. The molecule has 28 heavy (non-hydrogen) atoms. The van der Waals surface area contributed by atoms with E-state index in [0.717, 1.165) is 0 Å². The van der Waals surface area contributed by atoms with Gasteiger partial charge in [-0.2, -0.15) is 8.42 Å². The molecule has 2 heterocycles. The number of hydrogen-bond donors (Lipinski definition) is 8. The summed E-state index contributed by atoms with van der Waals surface area (Å²) in [6, 6.07) is 0. The Morgan fingerprint density at radius 2 is 1.50 bits per heavy atom. The smallest absolute Gasteiger partial charge is 0.397 e. The van der Waals surface area contributed by atoms with Crippen molar-refractivity contribution in [1.29, 1.82) is 0 Å². The highest BCUT2D eigenvalue weighted by molar-refractivity contribution is 7.80. The minimum atomic E-state index is -4.97. The van der Waals surface area contributed by atoms with E-state index in [0.29, 0.717) is 0 Å². The maximum absolute atomic E-state index is 11.1. The summed E-state index contributed by atoms with van der Waals surface area (Å²) in [6.07, 6.45) is -19.5. The molecule has 0 amide bonds. The number of carboxylic acid groups (broad SMARTS) is 1. The molecule has 10 atom stereocenters. The molecule has 0 radical (unpaired) electrons. The van der Waals surface area contributed by atoms with Gasteiger partial charge in [-0.25, -0.2) is 8.98 Å². The highest BCUT2D eigenvalue weighted by Gasteiger charge is 2.52. The van der Waals surface area contributed by atoms with Crippen molar-refractivity contribution in [3.63, 3.8) is 0 Å². The highest BCUT2D eigenvalue weighted by Crippen LogP contribution is 2.29. The van der Waals surface area contributed by atoms with Crippen molar-refractivity contribution in [2.45, 2.75) is 61.4 Å². The highest BCUT2D eigenvalue weighted by atomic mass is 32.3. The topological polar surface area (TPSA) is 250 Å². The predicted molar refractivity (Wildman–Crippen MR) is 79.6 cm³/mol. The van der Waals surface area contributed by atoms with Crippen LogP contribution in [0.15, 0.2) is 0 Å². The molecule has 0 spiro atoms. The SMILES string of the molecule is O=C(O)[C@H]1O[C@@H](O[C@H]2[C@H](O)[C@@H](O)[C@H](O)O[C@@H]2COS(=O)(=O)O)[C@H](O)[C@@H](O)[C@@H]1O. The molecule has 0 aromatic rings. The van der Waals surface area contributed by atoms with E-state index >= 15 is 0 Å². The fourth-order valence-corrected chi connectivity index (χ4v) is 3.00. The lowest BCUT2D eigenvalue weighted by molar-refractivity contribution is -0.350. The van der Waals surface area contributed by atoms with Crippen LogP contribution in [0.5, 0.6) is 0 Å². The number of aliphatic hydroxyl groups is 6. The van der Waals surface area contributed by atoms with Crippen LogP contribution in [0.2, 0.25) is 0 Å². The Balaban J connectivity index is 2.21. The van der Waals surface area contributed by atoms with E-state index in [2.05, 4.69) is 4.18 Å². The van der Waals surface area contributed by atoms with Gasteiger partial charge in [0, 0.05) is 0 Å². The van der Waals surface area contributed by atoms with Gasteiger partial charge in [-0.3, -0.25) is 4.55 Å². The summed E-state index contributed by atoms with van der Waals surface area (Å²) in [4.78, 5) is 11.1. The number of ether oxygens (including phenoxy) is 3. The molecule has 16 heteroatoms. The third-order valence-electron chi connectivity index (χ3n) is 4.14.